The molecule has 1 saturated carbocycles. The van der Waals surface area contributed by atoms with Gasteiger partial charge in [0.25, 0.3) is 0 Å². The minimum Gasteiger partial charge on any atom is -0.383 e. The summed E-state index contributed by atoms with van der Waals surface area (Å²) in [7, 11) is 0. The van der Waals surface area contributed by atoms with E-state index in [4.69, 9.17) is 10.7 Å². The van der Waals surface area contributed by atoms with Crippen LogP contribution >= 0.6 is 0 Å². The number of aryl methyl sites for hydroxylation is 1. The number of nitrogens with zero attached hydrogens (tertiary/aromatic N) is 2. The van der Waals surface area contributed by atoms with Crippen molar-refractivity contribution in [3.05, 3.63) is 17.1 Å². The maximum Gasteiger partial charge on any atom is 0.134 e. The molecular formula is C16H27N3. The molecule has 1 heterocycles. The third-order valence-electron chi connectivity index (χ3n) is 4.55. The number of hydrogen-bond donors (Lipinski definition) is 1. The molecule has 3 heteroatoms. The molecule has 1 aromatic heterocycles. The van der Waals surface area contributed by atoms with Gasteiger partial charge in [0.05, 0.1) is 0 Å². The van der Waals surface area contributed by atoms with Crippen molar-refractivity contribution in [1.82, 2.24) is 9.97 Å². The Morgan fingerprint density at radius 3 is 2.26 bits per heavy atom. The molecule has 106 valence electrons. The number of anilines is 1. The van der Waals surface area contributed by atoms with Crippen LogP contribution in [0.2, 0.25) is 0 Å². The summed E-state index contributed by atoms with van der Waals surface area (Å²) in [5, 5.41) is 0. The predicted molar refractivity (Wildman–Crippen MR) is 80.3 cm³/mol. The number of nitrogen functional groups attached to an aromatic ring is 1. The largest absolute Gasteiger partial charge is 0.383 e. The molecule has 0 saturated heterocycles. The van der Waals surface area contributed by atoms with Crippen molar-refractivity contribution < 1.29 is 0 Å². The summed E-state index contributed by atoms with van der Waals surface area (Å²) in [5.74, 6) is 3.49. The van der Waals surface area contributed by atoms with E-state index in [0.29, 0.717) is 17.7 Å². The van der Waals surface area contributed by atoms with Crippen LogP contribution in [0.15, 0.2) is 0 Å². The van der Waals surface area contributed by atoms with Crippen molar-refractivity contribution in [3.63, 3.8) is 0 Å². The quantitative estimate of drug-likeness (QED) is 0.888. The lowest BCUT2D eigenvalue weighted by atomic mass is 9.80. The highest BCUT2D eigenvalue weighted by Crippen LogP contribution is 2.36. The second-order valence-electron chi connectivity index (χ2n) is 6.25. The molecule has 1 aliphatic rings. The Bertz CT molecular complexity index is 409. The zero-order chi connectivity index (χ0) is 14.0. The summed E-state index contributed by atoms with van der Waals surface area (Å²) in [6, 6.07) is 0. The standard InChI is InChI=1S/C16H27N3/c1-5-12-6-8-13(9-7-12)16-18-11(4)14(10(2)3)15(17)19-16/h10,12-13H,5-9H2,1-4H3,(H2,17,18,19). The molecule has 0 aliphatic heterocycles. The zero-order valence-electron chi connectivity index (χ0n) is 12.7. The van der Waals surface area contributed by atoms with E-state index in [1.807, 2.05) is 0 Å². The summed E-state index contributed by atoms with van der Waals surface area (Å²) in [6.45, 7) is 8.65. The van der Waals surface area contributed by atoms with E-state index in [1.165, 1.54) is 32.1 Å². The maximum absolute atomic E-state index is 6.13. The fourth-order valence-corrected chi connectivity index (χ4v) is 3.35. The second kappa shape index (κ2) is 5.89. The first-order chi connectivity index (χ1) is 9.02. The molecule has 2 rings (SSSR count). The highest BCUT2D eigenvalue weighted by Gasteiger charge is 2.24. The van der Waals surface area contributed by atoms with Gasteiger partial charge in [-0.25, -0.2) is 9.97 Å². The number of hydrogen-bond acceptors (Lipinski definition) is 3. The van der Waals surface area contributed by atoms with Gasteiger partial charge in [-0.05, 0) is 44.4 Å². The Hall–Kier alpha value is -1.12. The molecule has 19 heavy (non-hydrogen) atoms. The molecule has 1 fully saturated rings. The van der Waals surface area contributed by atoms with Crippen LogP contribution in [0, 0.1) is 12.8 Å². The minimum atomic E-state index is 0.393. The molecule has 2 N–H and O–H groups in total. The second-order valence-corrected chi connectivity index (χ2v) is 6.25. The topological polar surface area (TPSA) is 51.8 Å². The van der Waals surface area contributed by atoms with E-state index in [9.17, 15) is 0 Å². The zero-order valence-corrected chi connectivity index (χ0v) is 12.7. The van der Waals surface area contributed by atoms with E-state index >= 15 is 0 Å². The Morgan fingerprint density at radius 2 is 1.79 bits per heavy atom. The Labute approximate surface area is 117 Å². The molecule has 1 aliphatic carbocycles. The van der Waals surface area contributed by atoms with E-state index in [0.717, 1.165) is 23.0 Å². The van der Waals surface area contributed by atoms with Crippen molar-refractivity contribution in [2.75, 3.05) is 5.73 Å². The molecule has 0 amide bonds. The van der Waals surface area contributed by atoms with Crippen LogP contribution in [-0.4, -0.2) is 9.97 Å². The molecule has 0 bridgehead atoms. The van der Waals surface area contributed by atoms with Gasteiger partial charge in [-0.3, -0.25) is 0 Å². The van der Waals surface area contributed by atoms with Crippen LogP contribution in [-0.2, 0) is 0 Å². The van der Waals surface area contributed by atoms with E-state index < -0.39 is 0 Å². The van der Waals surface area contributed by atoms with Gasteiger partial charge in [-0.15, -0.1) is 0 Å². The van der Waals surface area contributed by atoms with Crippen molar-refractivity contribution in [3.8, 4) is 0 Å². The number of aromatic nitrogens is 2. The van der Waals surface area contributed by atoms with Gasteiger partial charge in [-0.2, -0.15) is 0 Å². The van der Waals surface area contributed by atoms with Crippen molar-refractivity contribution >= 4 is 5.82 Å². The van der Waals surface area contributed by atoms with Crippen LogP contribution in [0.25, 0.3) is 0 Å². The monoisotopic (exact) mass is 261 g/mol. The molecular weight excluding hydrogens is 234 g/mol. The fourth-order valence-electron chi connectivity index (χ4n) is 3.35. The normalized spacial score (nSPS) is 23.8. The van der Waals surface area contributed by atoms with E-state index in [1.54, 1.807) is 0 Å². The molecule has 3 nitrogen and oxygen atoms in total. The minimum absolute atomic E-state index is 0.393. The van der Waals surface area contributed by atoms with Gasteiger partial charge < -0.3 is 5.73 Å². The number of rotatable bonds is 3. The Balaban J connectivity index is 2.18. The molecule has 0 radical (unpaired) electrons. The first-order valence-electron chi connectivity index (χ1n) is 7.66. The lowest BCUT2D eigenvalue weighted by Gasteiger charge is -2.27. The predicted octanol–water partition coefficient (Wildman–Crippen LogP) is 4.17. The average molecular weight is 261 g/mol. The lowest BCUT2D eigenvalue weighted by Crippen LogP contribution is -2.17. The lowest BCUT2D eigenvalue weighted by molar-refractivity contribution is 0.312. The van der Waals surface area contributed by atoms with Crippen LogP contribution in [0.4, 0.5) is 5.82 Å². The first kappa shape index (κ1) is 14.3. The van der Waals surface area contributed by atoms with Gasteiger partial charge in [-0.1, -0.05) is 27.2 Å². The van der Waals surface area contributed by atoms with Gasteiger partial charge in [0, 0.05) is 17.2 Å². The molecule has 1 aromatic rings. The van der Waals surface area contributed by atoms with Crippen molar-refractivity contribution in [2.24, 2.45) is 5.92 Å². The van der Waals surface area contributed by atoms with E-state index in [2.05, 4.69) is 32.7 Å². The van der Waals surface area contributed by atoms with Gasteiger partial charge in [0.2, 0.25) is 0 Å². The van der Waals surface area contributed by atoms with Gasteiger partial charge in [0.15, 0.2) is 0 Å². The summed E-state index contributed by atoms with van der Waals surface area (Å²) in [6.07, 6.45) is 6.38. The van der Waals surface area contributed by atoms with Crippen LogP contribution in [0.3, 0.4) is 0 Å². The fraction of sp³-hybridized carbons (Fsp3) is 0.750. The van der Waals surface area contributed by atoms with E-state index in [-0.39, 0.29) is 0 Å². The summed E-state index contributed by atoms with van der Waals surface area (Å²) >= 11 is 0. The third kappa shape index (κ3) is 3.07. The van der Waals surface area contributed by atoms with Gasteiger partial charge >= 0.3 is 0 Å². The highest BCUT2D eigenvalue weighted by molar-refractivity contribution is 5.44. The highest BCUT2D eigenvalue weighted by atomic mass is 15.0. The van der Waals surface area contributed by atoms with Crippen LogP contribution < -0.4 is 5.73 Å². The third-order valence-corrected chi connectivity index (χ3v) is 4.55. The molecule has 0 atom stereocenters. The summed E-state index contributed by atoms with van der Waals surface area (Å²) in [4.78, 5) is 9.34. The first-order valence-corrected chi connectivity index (χ1v) is 7.66. The molecule has 0 unspecified atom stereocenters. The Morgan fingerprint density at radius 1 is 1.16 bits per heavy atom. The Kier molecular flexibility index (Phi) is 4.43. The molecule has 0 aromatic carbocycles. The smallest absolute Gasteiger partial charge is 0.134 e. The van der Waals surface area contributed by atoms with Crippen LogP contribution in [0.1, 0.15) is 81.8 Å². The number of nitrogens with two attached hydrogens (primary N) is 1. The molecule has 0 spiro atoms. The average Bonchev–Trinajstić information content (AvgIpc) is 2.37. The summed E-state index contributed by atoms with van der Waals surface area (Å²) < 4.78 is 0. The van der Waals surface area contributed by atoms with Crippen molar-refractivity contribution in [2.45, 2.75) is 71.6 Å². The summed E-state index contributed by atoms with van der Waals surface area (Å²) in [5.41, 5.74) is 8.31. The van der Waals surface area contributed by atoms with Gasteiger partial charge in [0.1, 0.15) is 11.6 Å². The SMILES string of the molecule is CCC1CCC(c2nc(C)c(C(C)C)c(N)n2)CC1. The maximum atomic E-state index is 6.13. The van der Waals surface area contributed by atoms with Crippen molar-refractivity contribution in [1.29, 1.82) is 0 Å². The van der Waals surface area contributed by atoms with Crippen LogP contribution in [0.5, 0.6) is 0 Å².